The first-order valence-corrected chi connectivity index (χ1v) is 4.35. The Balaban J connectivity index is 2.58. The fraction of sp³-hybridized carbons (Fsp3) is 0.500. The van der Waals surface area contributed by atoms with Gasteiger partial charge in [-0.15, -0.1) is 0 Å². The molecule has 0 saturated carbocycles. The summed E-state index contributed by atoms with van der Waals surface area (Å²) in [5, 5.41) is 7.03. The van der Waals surface area contributed by atoms with Crippen LogP contribution < -0.4 is 11.1 Å². The molecular weight excluding hydrogens is 166 g/mol. The maximum absolute atomic E-state index is 5.57. The second-order valence-corrected chi connectivity index (χ2v) is 2.57. The van der Waals surface area contributed by atoms with E-state index in [-0.39, 0.29) is 0 Å². The van der Waals surface area contributed by atoms with E-state index in [9.17, 15) is 0 Å². The lowest BCUT2D eigenvalue weighted by atomic mass is 10.5. The van der Waals surface area contributed by atoms with Gasteiger partial charge in [0, 0.05) is 19.3 Å². The van der Waals surface area contributed by atoms with E-state index in [1.165, 1.54) is 0 Å². The van der Waals surface area contributed by atoms with Crippen molar-refractivity contribution in [2.45, 2.75) is 20.4 Å². The van der Waals surface area contributed by atoms with Crippen molar-refractivity contribution < 1.29 is 0 Å². The summed E-state index contributed by atoms with van der Waals surface area (Å²) in [5.41, 5.74) is 6.44. The van der Waals surface area contributed by atoms with Crippen molar-refractivity contribution in [2.24, 2.45) is 10.7 Å². The number of aromatic nitrogens is 2. The Morgan fingerprint density at radius 2 is 2.46 bits per heavy atom. The molecule has 0 amide bonds. The largest absolute Gasteiger partial charge is 0.370 e. The van der Waals surface area contributed by atoms with Gasteiger partial charge in [0.2, 0.25) is 0 Å². The van der Waals surface area contributed by atoms with Crippen molar-refractivity contribution in [3.63, 3.8) is 0 Å². The number of rotatable bonds is 3. The Labute approximate surface area is 77.6 Å². The molecule has 5 heteroatoms. The number of hydrogen-bond acceptors (Lipinski definition) is 2. The van der Waals surface area contributed by atoms with Gasteiger partial charge in [-0.05, 0) is 13.8 Å². The lowest BCUT2D eigenvalue weighted by Crippen LogP contribution is -2.22. The Morgan fingerprint density at radius 3 is 3.00 bits per heavy atom. The van der Waals surface area contributed by atoms with Gasteiger partial charge in [0.15, 0.2) is 5.96 Å². The zero-order valence-corrected chi connectivity index (χ0v) is 7.99. The fourth-order valence-corrected chi connectivity index (χ4v) is 0.959. The highest BCUT2D eigenvalue weighted by Gasteiger charge is 1.96. The van der Waals surface area contributed by atoms with Gasteiger partial charge in [-0.2, -0.15) is 5.10 Å². The Hall–Kier alpha value is -1.52. The molecule has 0 aliphatic rings. The van der Waals surface area contributed by atoms with Crippen LogP contribution >= 0.6 is 0 Å². The predicted octanol–water partition coefficient (Wildman–Crippen LogP) is 0.649. The van der Waals surface area contributed by atoms with Crippen molar-refractivity contribution in [3.8, 4) is 0 Å². The quantitative estimate of drug-likeness (QED) is 0.531. The summed E-state index contributed by atoms with van der Waals surface area (Å²) in [6.07, 6.45) is 3.61. The van der Waals surface area contributed by atoms with Crippen molar-refractivity contribution >= 4 is 11.6 Å². The Kier molecular flexibility index (Phi) is 3.31. The van der Waals surface area contributed by atoms with Crippen molar-refractivity contribution in [1.82, 2.24) is 9.78 Å². The molecule has 0 fully saturated rings. The summed E-state index contributed by atoms with van der Waals surface area (Å²) >= 11 is 0. The van der Waals surface area contributed by atoms with Gasteiger partial charge in [-0.1, -0.05) is 0 Å². The minimum absolute atomic E-state index is 0.429. The van der Waals surface area contributed by atoms with E-state index >= 15 is 0 Å². The van der Waals surface area contributed by atoms with Crippen LogP contribution in [-0.4, -0.2) is 22.3 Å². The topological polar surface area (TPSA) is 68.2 Å². The molecule has 0 aromatic carbocycles. The molecule has 13 heavy (non-hydrogen) atoms. The van der Waals surface area contributed by atoms with E-state index < -0.39 is 0 Å². The van der Waals surface area contributed by atoms with Gasteiger partial charge < -0.3 is 11.1 Å². The van der Waals surface area contributed by atoms with Gasteiger partial charge >= 0.3 is 0 Å². The highest BCUT2D eigenvalue weighted by Crippen LogP contribution is 2.03. The number of guanidine groups is 1. The third-order valence-electron chi connectivity index (χ3n) is 1.56. The molecule has 72 valence electrons. The molecule has 3 N–H and O–H groups in total. The summed E-state index contributed by atoms with van der Waals surface area (Å²) in [6, 6.07) is 0. The van der Waals surface area contributed by atoms with Crippen LogP contribution in [0.3, 0.4) is 0 Å². The smallest absolute Gasteiger partial charge is 0.193 e. The van der Waals surface area contributed by atoms with Crippen LogP contribution in [0.25, 0.3) is 0 Å². The molecular formula is C8H15N5. The highest BCUT2D eigenvalue weighted by molar-refractivity contribution is 5.91. The number of nitrogens with two attached hydrogens (primary N) is 1. The second-order valence-electron chi connectivity index (χ2n) is 2.57. The van der Waals surface area contributed by atoms with Crippen molar-refractivity contribution in [3.05, 3.63) is 12.4 Å². The molecule has 1 rings (SSSR count). The van der Waals surface area contributed by atoms with E-state index in [1.807, 2.05) is 24.7 Å². The van der Waals surface area contributed by atoms with Gasteiger partial charge in [0.05, 0.1) is 11.9 Å². The molecule has 0 aliphatic heterocycles. The number of hydrogen-bond donors (Lipinski definition) is 2. The Morgan fingerprint density at radius 1 is 1.69 bits per heavy atom. The van der Waals surface area contributed by atoms with Crippen LogP contribution in [0.2, 0.25) is 0 Å². The molecule has 1 heterocycles. The summed E-state index contributed by atoms with van der Waals surface area (Å²) in [5.74, 6) is 0.429. The zero-order valence-electron chi connectivity index (χ0n) is 7.99. The molecule has 0 spiro atoms. The Bertz CT molecular complexity index is 288. The molecule has 0 atom stereocenters. The van der Waals surface area contributed by atoms with E-state index in [4.69, 9.17) is 5.73 Å². The molecule has 5 nitrogen and oxygen atoms in total. The third kappa shape index (κ3) is 2.77. The molecule has 0 saturated heterocycles. The number of anilines is 1. The number of aliphatic imine (C=N–C) groups is 1. The molecule has 0 radical (unpaired) electrons. The van der Waals surface area contributed by atoms with Crippen LogP contribution in [0.15, 0.2) is 17.4 Å². The zero-order chi connectivity index (χ0) is 9.68. The maximum atomic E-state index is 5.57. The first-order valence-electron chi connectivity index (χ1n) is 4.35. The SMILES string of the molecule is CCN=C(N)Nc1cnn(CC)c1. The molecule has 1 aromatic heterocycles. The second kappa shape index (κ2) is 4.49. The van der Waals surface area contributed by atoms with Crippen LogP contribution in [0.1, 0.15) is 13.8 Å². The standard InChI is InChI=1S/C8H15N5/c1-3-10-8(9)12-7-5-11-13(4-2)6-7/h5-6H,3-4H2,1-2H3,(H3,9,10,12). The highest BCUT2D eigenvalue weighted by atomic mass is 15.3. The minimum atomic E-state index is 0.429. The lowest BCUT2D eigenvalue weighted by Gasteiger charge is -2.00. The normalized spacial score (nSPS) is 11.7. The van der Waals surface area contributed by atoms with Gasteiger partial charge in [0.1, 0.15) is 0 Å². The fourth-order valence-electron chi connectivity index (χ4n) is 0.959. The van der Waals surface area contributed by atoms with Gasteiger partial charge in [0.25, 0.3) is 0 Å². The van der Waals surface area contributed by atoms with E-state index in [0.717, 1.165) is 12.2 Å². The number of aryl methyl sites for hydroxylation is 1. The van der Waals surface area contributed by atoms with E-state index in [0.29, 0.717) is 12.5 Å². The minimum Gasteiger partial charge on any atom is -0.370 e. The van der Waals surface area contributed by atoms with Crippen molar-refractivity contribution in [1.29, 1.82) is 0 Å². The van der Waals surface area contributed by atoms with Gasteiger partial charge in [-0.25, -0.2) is 0 Å². The molecule has 1 aromatic rings. The lowest BCUT2D eigenvalue weighted by molar-refractivity contribution is 0.660. The summed E-state index contributed by atoms with van der Waals surface area (Å²) in [7, 11) is 0. The monoisotopic (exact) mass is 181 g/mol. The predicted molar refractivity (Wildman–Crippen MR) is 53.7 cm³/mol. The number of nitrogens with one attached hydrogen (secondary N) is 1. The first kappa shape index (κ1) is 9.57. The van der Waals surface area contributed by atoms with E-state index in [1.54, 1.807) is 6.20 Å². The summed E-state index contributed by atoms with van der Waals surface area (Å²) in [6.45, 7) is 5.50. The van der Waals surface area contributed by atoms with Gasteiger partial charge in [-0.3, -0.25) is 9.67 Å². The molecule has 0 aliphatic carbocycles. The third-order valence-corrected chi connectivity index (χ3v) is 1.56. The van der Waals surface area contributed by atoms with Crippen LogP contribution in [0.4, 0.5) is 5.69 Å². The number of nitrogens with zero attached hydrogens (tertiary/aromatic N) is 3. The van der Waals surface area contributed by atoms with Crippen LogP contribution in [0.5, 0.6) is 0 Å². The van der Waals surface area contributed by atoms with Crippen molar-refractivity contribution in [2.75, 3.05) is 11.9 Å². The summed E-state index contributed by atoms with van der Waals surface area (Å²) < 4.78 is 1.82. The maximum Gasteiger partial charge on any atom is 0.193 e. The molecule has 0 unspecified atom stereocenters. The van der Waals surface area contributed by atoms with Crippen LogP contribution in [-0.2, 0) is 6.54 Å². The van der Waals surface area contributed by atoms with E-state index in [2.05, 4.69) is 15.4 Å². The molecule has 0 bridgehead atoms. The average Bonchev–Trinajstić information content (AvgIpc) is 2.52. The first-order chi connectivity index (χ1) is 6.26. The summed E-state index contributed by atoms with van der Waals surface area (Å²) in [4.78, 5) is 4.00. The average molecular weight is 181 g/mol. The van der Waals surface area contributed by atoms with Crippen LogP contribution in [0, 0.1) is 0 Å².